The molecule has 1 amide bonds. The Bertz CT molecular complexity index is 795. The third kappa shape index (κ3) is 7.01. The van der Waals surface area contributed by atoms with Crippen molar-refractivity contribution >= 4 is 39.2 Å². The van der Waals surface area contributed by atoms with Gasteiger partial charge in [0.25, 0.3) is 0 Å². The first-order valence-electron chi connectivity index (χ1n) is 7.19. The summed E-state index contributed by atoms with van der Waals surface area (Å²) in [4.78, 5) is 15.7. The third-order valence-electron chi connectivity index (χ3n) is 2.86. The van der Waals surface area contributed by atoms with E-state index in [1.165, 1.54) is 12.1 Å². The van der Waals surface area contributed by atoms with Crippen molar-refractivity contribution in [2.24, 2.45) is 10.7 Å². The fourth-order valence-electron chi connectivity index (χ4n) is 1.85. The van der Waals surface area contributed by atoms with Crippen LogP contribution in [0.1, 0.15) is 0 Å². The molecule has 2 aromatic rings. The van der Waals surface area contributed by atoms with Gasteiger partial charge in [0.05, 0.1) is 0 Å². The summed E-state index contributed by atoms with van der Waals surface area (Å²) in [7, 11) is 0. The first kappa shape index (κ1) is 19.6. The molecule has 2 rings (SSSR count). The zero-order chi connectivity index (χ0) is 19.2. The summed E-state index contributed by atoms with van der Waals surface area (Å²) in [6.45, 7) is -0.222. The van der Waals surface area contributed by atoms with E-state index < -0.39 is 6.36 Å². The summed E-state index contributed by atoms with van der Waals surface area (Å²) in [6, 6.07) is 12.0. The molecule has 6 nitrogen and oxygen atoms in total. The lowest BCUT2D eigenvalue weighted by atomic mass is 10.3. The molecular weight excluding hydrogens is 417 g/mol. The largest absolute Gasteiger partial charge is 0.573 e. The quantitative estimate of drug-likeness (QED) is 0.498. The van der Waals surface area contributed by atoms with Crippen molar-refractivity contribution < 1.29 is 22.7 Å². The van der Waals surface area contributed by atoms with Gasteiger partial charge in [-0.05, 0) is 42.5 Å². The zero-order valence-electron chi connectivity index (χ0n) is 13.2. The maximum atomic E-state index is 12.1. The van der Waals surface area contributed by atoms with Crippen LogP contribution in [0.5, 0.6) is 5.75 Å². The van der Waals surface area contributed by atoms with Crippen molar-refractivity contribution in [3.8, 4) is 5.75 Å². The number of benzene rings is 2. The second kappa shape index (κ2) is 8.56. The molecule has 0 aliphatic heterocycles. The molecule has 2 aromatic carbocycles. The Kier molecular flexibility index (Phi) is 6.45. The van der Waals surface area contributed by atoms with Gasteiger partial charge in [-0.1, -0.05) is 22.0 Å². The Labute approximate surface area is 155 Å². The van der Waals surface area contributed by atoms with E-state index in [0.29, 0.717) is 11.4 Å². The number of carbonyl (C=O) groups is 1. The number of nitrogens with one attached hydrogen (secondary N) is 2. The molecule has 138 valence electrons. The number of aliphatic imine (C=N–C) groups is 1. The molecule has 4 N–H and O–H groups in total. The number of anilines is 2. The topological polar surface area (TPSA) is 88.7 Å². The Morgan fingerprint density at radius 2 is 1.81 bits per heavy atom. The number of ether oxygens (including phenoxy) is 1. The predicted molar refractivity (Wildman–Crippen MR) is 96.0 cm³/mol. The molecule has 0 radical (unpaired) electrons. The fourth-order valence-corrected chi connectivity index (χ4v) is 2.25. The molecule has 0 fully saturated rings. The lowest BCUT2D eigenvalue weighted by Crippen LogP contribution is -2.25. The highest BCUT2D eigenvalue weighted by atomic mass is 79.9. The van der Waals surface area contributed by atoms with Crippen LogP contribution in [0.4, 0.5) is 24.5 Å². The lowest BCUT2D eigenvalue weighted by molar-refractivity contribution is -0.274. The molecule has 0 aliphatic rings. The highest BCUT2D eigenvalue weighted by Gasteiger charge is 2.30. The van der Waals surface area contributed by atoms with Crippen LogP contribution in [0, 0.1) is 0 Å². The van der Waals surface area contributed by atoms with E-state index in [2.05, 4.69) is 36.3 Å². The number of alkyl halides is 3. The van der Waals surface area contributed by atoms with Gasteiger partial charge in [-0.15, -0.1) is 13.2 Å². The number of amides is 1. The number of rotatable bonds is 5. The van der Waals surface area contributed by atoms with E-state index in [1.807, 2.05) is 6.07 Å². The molecule has 0 bridgehead atoms. The Morgan fingerprint density at radius 1 is 1.12 bits per heavy atom. The minimum Gasteiger partial charge on any atom is -0.406 e. The number of nitrogens with two attached hydrogens (primary N) is 1. The van der Waals surface area contributed by atoms with Crippen molar-refractivity contribution in [2.45, 2.75) is 6.36 Å². The van der Waals surface area contributed by atoms with Crippen LogP contribution in [-0.2, 0) is 4.79 Å². The molecule has 0 unspecified atom stereocenters. The maximum Gasteiger partial charge on any atom is 0.573 e. The van der Waals surface area contributed by atoms with Crippen LogP contribution in [0.25, 0.3) is 0 Å². The van der Waals surface area contributed by atoms with Gasteiger partial charge in [0.1, 0.15) is 12.3 Å². The smallest absolute Gasteiger partial charge is 0.406 e. The summed E-state index contributed by atoms with van der Waals surface area (Å²) >= 11 is 3.29. The average molecular weight is 431 g/mol. The van der Waals surface area contributed by atoms with Gasteiger partial charge in [-0.3, -0.25) is 4.79 Å². The first-order chi connectivity index (χ1) is 12.2. The highest BCUT2D eigenvalue weighted by molar-refractivity contribution is 9.10. The van der Waals surface area contributed by atoms with Gasteiger partial charge < -0.3 is 21.1 Å². The van der Waals surface area contributed by atoms with E-state index in [1.54, 1.807) is 18.2 Å². The van der Waals surface area contributed by atoms with Gasteiger partial charge in [0.2, 0.25) is 5.91 Å². The molecule has 26 heavy (non-hydrogen) atoms. The van der Waals surface area contributed by atoms with Crippen LogP contribution < -0.4 is 21.1 Å². The van der Waals surface area contributed by atoms with E-state index in [4.69, 9.17) is 5.73 Å². The monoisotopic (exact) mass is 430 g/mol. The molecule has 0 atom stereocenters. The van der Waals surface area contributed by atoms with Crippen LogP contribution in [0.2, 0.25) is 0 Å². The van der Waals surface area contributed by atoms with Gasteiger partial charge in [0, 0.05) is 15.8 Å². The third-order valence-corrected chi connectivity index (χ3v) is 3.35. The van der Waals surface area contributed by atoms with Gasteiger partial charge in [-0.25, -0.2) is 4.99 Å². The van der Waals surface area contributed by atoms with Crippen LogP contribution >= 0.6 is 15.9 Å². The normalized spacial score (nSPS) is 11.8. The number of hydrogen-bond donors (Lipinski definition) is 3. The minimum absolute atomic E-state index is 0.0566. The molecule has 0 saturated carbocycles. The Morgan fingerprint density at radius 3 is 2.42 bits per heavy atom. The van der Waals surface area contributed by atoms with Crippen molar-refractivity contribution in [3.63, 3.8) is 0 Å². The summed E-state index contributed by atoms with van der Waals surface area (Å²) in [5.41, 5.74) is 6.65. The summed E-state index contributed by atoms with van der Waals surface area (Å²) in [5, 5.41) is 5.31. The number of guanidine groups is 1. The molecule has 0 aliphatic carbocycles. The van der Waals surface area contributed by atoms with Crippen molar-refractivity contribution in [2.75, 3.05) is 17.2 Å². The maximum absolute atomic E-state index is 12.1. The fraction of sp³-hybridized carbons (Fsp3) is 0.125. The van der Waals surface area contributed by atoms with Crippen molar-refractivity contribution in [1.29, 1.82) is 0 Å². The zero-order valence-corrected chi connectivity index (χ0v) is 14.8. The van der Waals surface area contributed by atoms with E-state index >= 15 is 0 Å². The van der Waals surface area contributed by atoms with Crippen LogP contribution in [0.3, 0.4) is 0 Å². The van der Waals surface area contributed by atoms with Gasteiger partial charge in [-0.2, -0.15) is 0 Å². The average Bonchev–Trinajstić information content (AvgIpc) is 2.53. The van der Waals surface area contributed by atoms with Crippen molar-refractivity contribution in [1.82, 2.24) is 0 Å². The summed E-state index contributed by atoms with van der Waals surface area (Å²) < 4.78 is 40.8. The Balaban J connectivity index is 1.86. The number of halogens is 4. The van der Waals surface area contributed by atoms with E-state index in [-0.39, 0.29) is 24.2 Å². The van der Waals surface area contributed by atoms with Crippen molar-refractivity contribution in [3.05, 3.63) is 53.0 Å². The first-order valence-corrected chi connectivity index (χ1v) is 7.99. The number of hydrogen-bond acceptors (Lipinski definition) is 3. The molecule has 0 aromatic heterocycles. The number of nitrogens with zero attached hydrogens (tertiary/aromatic N) is 1. The SMILES string of the molecule is NC(=NCC(=O)Nc1cccc(Br)c1)Nc1ccc(OC(F)(F)F)cc1. The highest BCUT2D eigenvalue weighted by Crippen LogP contribution is 2.23. The summed E-state index contributed by atoms with van der Waals surface area (Å²) in [6.07, 6.45) is -4.75. The minimum atomic E-state index is -4.75. The molecule has 0 saturated heterocycles. The van der Waals surface area contributed by atoms with Crippen LogP contribution in [0.15, 0.2) is 58.0 Å². The predicted octanol–water partition coefficient (Wildman–Crippen LogP) is 3.71. The second-order valence-electron chi connectivity index (χ2n) is 4.96. The summed E-state index contributed by atoms with van der Waals surface area (Å²) in [5.74, 6) is -0.785. The standard InChI is InChI=1S/C16H14BrF3N4O2/c17-10-2-1-3-12(8-10)23-14(25)9-22-15(21)24-11-4-6-13(7-5-11)26-16(18,19)20/h1-8H,9H2,(H,23,25)(H3,21,22,24). The van der Waals surface area contributed by atoms with E-state index in [9.17, 15) is 18.0 Å². The molecular formula is C16H14BrF3N4O2. The van der Waals surface area contributed by atoms with E-state index in [0.717, 1.165) is 16.6 Å². The second-order valence-corrected chi connectivity index (χ2v) is 5.87. The molecule has 10 heteroatoms. The molecule has 0 spiro atoms. The Hall–Kier alpha value is -2.75. The number of carbonyl (C=O) groups excluding carboxylic acids is 1. The van der Waals surface area contributed by atoms with Crippen LogP contribution in [-0.4, -0.2) is 24.8 Å². The lowest BCUT2D eigenvalue weighted by Gasteiger charge is -2.10. The van der Waals surface area contributed by atoms with Gasteiger partial charge in [0.15, 0.2) is 5.96 Å². The van der Waals surface area contributed by atoms with Gasteiger partial charge >= 0.3 is 6.36 Å². The molecule has 0 heterocycles.